The number of methoxy groups -OCH3 is 1. The van der Waals surface area contributed by atoms with Crippen LogP contribution in [-0.2, 0) is 23.9 Å². The summed E-state index contributed by atoms with van der Waals surface area (Å²) >= 11 is 1.22. The van der Waals surface area contributed by atoms with Crippen molar-refractivity contribution in [3.63, 3.8) is 0 Å². The first-order valence-corrected chi connectivity index (χ1v) is 7.70. The second-order valence-electron chi connectivity index (χ2n) is 4.71. The second-order valence-corrected chi connectivity index (χ2v) is 5.71. The summed E-state index contributed by atoms with van der Waals surface area (Å²) in [5, 5.41) is 3.19. The lowest BCUT2D eigenvalue weighted by atomic mass is 10.2. The Hall–Kier alpha value is -1.54. The van der Waals surface area contributed by atoms with Gasteiger partial charge in [0.25, 0.3) is 0 Å². The minimum absolute atomic E-state index is 0.0580. The molecule has 21 heavy (non-hydrogen) atoms. The van der Waals surface area contributed by atoms with E-state index < -0.39 is 5.97 Å². The zero-order valence-corrected chi connectivity index (χ0v) is 12.6. The topological polar surface area (TPSA) is 84.9 Å². The van der Waals surface area contributed by atoms with Gasteiger partial charge >= 0.3 is 5.97 Å². The smallest absolute Gasteiger partial charge is 0.333 e. The molecule has 7 nitrogen and oxygen atoms in total. The molecule has 2 rings (SSSR count). The van der Waals surface area contributed by atoms with Crippen molar-refractivity contribution in [2.45, 2.75) is 18.9 Å². The van der Waals surface area contributed by atoms with Crippen LogP contribution in [0.2, 0.25) is 0 Å². The lowest BCUT2D eigenvalue weighted by Gasteiger charge is -2.17. The molecule has 116 valence electrons. The molecule has 2 saturated heterocycles. The van der Waals surface area contributed by atoms with Gasteiger partial charge in [-0.1, -0.05) is 11.8 Å². The van der Waals surface area contributed by atoms with Gasteiger partial charge in [0, 0.05) is 13.2 Å². The lowest BCUT2D eigenvalue weighted by molar-refractivity contribution is -0.135. The molecular weight excluding hydrogens is 296 g/mol. The normalized spacial score (nSPS) is 23.7. The summed E-state index contributed by atoms with van der Waals surface area (Å²) in [6.07, 6.45) is 3.23. The molecule has 1 N–H and O–H groups in total. The predicted octanol–water partition coefficient (Wildman–Crippen LogP) is -0.129. The van der Waals surface area contributed by atoms with Crippen LogP contribution < -0.4 is 5.32 Å². The SMILES string of the molecule is COC(=O)/C=C1\SCC(=O)N1CC(=O)NCC1CCCO1. The van der Waals surface area contributed by atoms with Crippen LogP contribution in [0.1, 0.15) is 12.8 Å². The van der Waals surface area contributed by atoms with Gasteiger partial charge in [-0.25, -0.2) is 4.79 Å². The van der Waals surface area contributed by atoms with Crippen LogP contribution in [0, 0.1) is 0 Å². The summed E-state index contributed by atoms with van der Waals surface area (Å²) in [6.45, 7) is 1.08. The maximum atomic E-state index is 11.9. The number of ether oxygens (including phenoxy) is 2. The fourth-order valence-corrected chi connectivity index (χ4v) is 3.02. The van der Waals surface area contributed by atoms with Gasteiger partial charge in [-0.3, -0.25) is 14.5 Å². The number of esters is 1. The summed E-state index contributed by atoms with van der Waals surface area (Å²) in [7, 11) is 1.26. The second kappa shape index (κ2) is 7.46. The summed E-state index contributed by atoms with van der Waals surface area (Å²) in [6, 6.07) is 0. The highest BCUT2D eigenvalue weighted by Crippen LogP contribution is 2.28. The number of carbonyl (C=O) groups excluding carboxylic acids is 3. The molecular formula is C13H18N2O5S. The van der Waals surface area contributed by atoms with Crippen molar-refractivity contribution in [2.24, 2.45) is 0 Å². The number of carbonyl (C=O) groups is 3. The molecule has 2 aliphatic heterocycles. The van der Waals surface area contributed by atoms with E-state index >= 15 is 0 Å². The molecule has 0 bridgehead atoms. The van der Waals surface area contributed by atoms with Crippen LogP contribution in [0.5, 0.6) is 0 Å². The average molecular weight is 314 g/mol. The fraction of sp³-hybridized carbons (Fsp3) is 0.615. The highest BCUT2D eigenvalue weighted by atomic mass is 32.2. The van der Waals surface area contributed by atoms with Gasteiger partial charge in [-0.15, -0.1) is 0 Å². The van der Waals surface area contributed by atoms with Gasteiger partial charge in [0.2, 0.25) is 11.8 Å². The molecule has 0 aromatic rings. The Balaban J connectivity index is 1.86. The Morgan fingerprint density at radius 2 is 2.38 bits per heavy atom. The molecule has 0 radical (unpaired) electrons. The third-order valence-corrected chi connectivity index (χ3v) is 4.23. The molecule has 2 amide bonds. The van der Waals surface area contributed by atoms with E-state index in [0.29, 0.717) is 11.6 Å². The lowest BCUT2D eigenvalue weighted by Crippen LogP contribution is -2.40. The molecule has 1 unspecified atom stereocenters. The molecule has 2 aliphatic rings. The van der Waals surface area contributed by atoms with Crippen molar-refractivity contribution in [1.29, 1.82) is 0 Å². The van der Waals surface area contributed by atoms with E-state index in [0.717, 1.165) is 19.4 Å². The summed E-state index contributed by atoms with van der Waals surface area (Å²) in [5.41, 5.74) is 0. The Morgan fingerprint density at radius 3 is 3.05 bits per heavy atom. The third-order valence-electron chi connectivity index (χ3n) is 3.21. The Morgan fingerprint density at radius 1 is 1.57 bits per heavy atom. The van der Waals surface area contributed by atoms with Crippen molar-refractivity contribution in [3.05, 3.63) is 11.1 Å². The standard InChI is InChI=1S/C13H18N2O5S/c1-19-13(18)5-12-15(11(17)8-21-12)7-10(16)14-6-9-3-2-4-20-9/h5,9H,2-4,6-8H2,1H3,(H,14,16)/b12-5-. The number of rotatable bonds is 5. The van der Waals surface area contributed by atoms with Gasteiger partial charge < -0.3 is 14.8 Å². The molecule has 0 aliphatic carbocycles. The molecule has 2 heterocycles. The van der Waals surface area contributed by atoms with Crippen LogP contribution in [0.3, 0.4) is 0 Å². The molecule has 0 aromatic heterocycles. The molecule has 1 atom stereocenters. The van der Waals surface area contributed by atoms with E-state index in [2.05, 4.69) is 10.1 Å². The number of nitrogens with one attached hydrogen (secondary N) is 1. The maximum Gasteiger partial charge on any atom is 0.333 e. The van der Waals surface area contributed by atoms with E-state index in [1.807, 2.05) is 0 Å². The van der Waals surface area contributed by atoms with Crippen molar-refractivity contribution in [3.8, 4) is 0 Å². The van der Waals surface area contributed by atoms with E-state index in [9.17, 15) is 14.4 Å². The molecule has 0 saturated carbocycles. The zero-order valence-electron chi connectivity index (χ0n) is 11.8. The van der Waals surface area contributed by atoms with Crippen LogP contribution in [-0.4, -0.2) is 61.3 Å². The Kier molecular flexibility index (Phi) is 5.63. The number of hydrogen-bond donors (Lipinski definition) is 1. The predicted molar refractivity (Wildman–Crippen MR) is 76.3 cm³/mol. The maximum absolute atomic E-state index is 11.9. The molecule has 2 fully saturated rings. The first-order chi connectivity index (χ1) is 10.1. The molecule has 0 spiro atoms. The van der Waals surface area contributed by atoms with Crippen LogP contribution >= 0.6 is 11.8 Å². The van der Waals surface area contributed by atoms with E-state index in [1.54, 1.807) is 0 Å². The van der Waals surface area contributed by atoms with E-state index in [4.69, 9.17) is 4.74 Å². The highest BCUT2D eigenvalue weighted by molar-refractivity contribution is 8.04. The first kappa shape index (κ1) is 15.8. The van der Waals surface area contributed by atoms with Crippen molar-refractivity contribution in [2.75, 3.05) is 32.6 Å². The number of thioether (sulfide) groups is 1. The quantitative estimate of drug-likeness (QED) is 0.562. The summed E-state index contributed by atoms with van der Waals surface area (Å²) in [4.78, 5) is 36.2. The van der Waals surface area contributed by atoms with Gasteiger partial charge in [-0.2, -0.15) is 0 Å². The minimum atomic E-state index is -0.544. The number of nitrogens with zero attached hydrogens (tertiary/aromatic N) is 1. The largest absolute Gasteiger partial charge is 0.466 e. The highest BCUT2D eigenvalue weighted by Gasteiger charge is 2.29. The minimum Gasteiger partial charge on any atom is -0.466 e. The first-order valence-electron chi connectivity index (χ1n) is 6.71. The van der Waals surface area contributed by atoms with Crippen LogP contribution in [0.4, 0.5) is 0 Å². The van der Waals surface area contributed by atoms with E-state index in [-0.39, 0.29) is 30.2 Å². The Bertz CT molecular complexity index is 459. The zero-order chi connectivity index (χ0) is 15.2. The number of hydrogen-bond acceptors (Lipinski definition) is 6. The van der Waals surface area contributed by atoms with Crippen molar-refractivity contribution >= 4 is 29.5 Å². The van der Waals surface area contributed by atoms with Crippen LogP contribution in [0.15, 0.2) is 11.1 Å². The van der Waals surface area contributed by atoms with E-state index in [1.165, 1.54) is 29.8 Å². The molecule has 0 aromatic carbocycles. The van der Waals surface area contributed by atoms with Crippen molar-refractivity contribution < 1.29 is 23.9 Å². The van der Waals surface area contributed by atoms with Gasteiger partial charge in [0.15, 0.2) is 0 Å². The van der Waals surface area contributed by atoms with Gasteiger partial charge in [-0.05, 0) is 12.8 Å². The van der Waals surface area contributed by atoms with Gasteiger partial charge in [0.05, 0.1) is 30.1 Å². The third kappa shape index (κ3) is 4.47. The monoisotopic (exact) mass is 314 g/mol. The van der Waals surface area contributed by atoms with Crippen LogP contribution in [0.25, 0.3) is 0 Å². The van der Waals surface area contributed by atoms with Gasteiger partial charge in [0.1, 0.15) is 6.54 Å². The number of amides is 2. The fourth-order valence-electron chi connectivity index (χ4n) is 2.09. The Labute approximate surface area is 127 Å². The summed E-state index contributed by atoms with van der Waals surface area (Å²) in [5.74, 6) is -0.779. The van der Waals surface area contributed by atoms with Crippen molar-refractivity contribution in [1.82, 2.24) is 10.2 Å². The molecule has 8 heteroatoms. The summed E-state index contributed by atoms with van der Waals surface area (Å²) < 4.78 is 9.94. The average Bonchev–Trinajstić information content (AvgIpc) is 3.09.